The molecule has 1 fully saturated rings. The van der Waals surface area contributed by atoms with E-state index in [1.54, 1.807) is 29.5 Å². The van der Waals surface area contributed by atoms with Crippen LogP contribution in [0.2, 0.25) is 0 Å². The molecule has 0 saturated carbocycles. The van der Waals surface area contributed by atoms with Gasteiger partial charge in [0.05, 0.1) is 12.4 Å². The Kier molecular flexibility index (Phi) is 2.40. The van der Waals surface area contributed by atoms with E-state index < -0.39 is 0 Å². The van der Waals surface area contributed by atoms with Gasteiger partial charge >= 0.3 is 0 Å². The Bertz CT molecular complexity index is 484. The molecule has 17 heavy (non-hydrogen) atoms. The number of rotatable bonds is 3. The molecule has 6 nitrogen and oxygen atoms in total. The maximum atomic E-state index is 11.9. The molecule has 2 aromatic heterocycles. The first kappa shape index (κ1) is 10.1. The number of nitrogens with zero attached hydrogens (tertiary/aromatic N) is 5. The van der Waals surface area contributed by atoms with Crippen molar-refractivity contribution in [1.82, 2.24) is 24.2 Å². The third kappa shape index (κ3) is 1.93. The minimum absolute atomic E-state index is 0.131. The van der Waals surface area contributed by atoms with Crippen LogP contribution in [0.4, 0.5) is 0 Å². The lowest BCUT2D eigenvalue weighted by atomic mass is 10.1. The highest BCUT2D eigenvalue weighted by Gasteiger charge is 2.31. The van der Waals surface area contributed by atoms with Crippen molar-refractivity contribution in [3.63, 3.8) is 0 Å². The average Bonchev–Trinajstić information content (AvgIpc) is 2.87. The molecule has 0 unspecified atom stereocenters. The Hall–Kier alpha value is -2.11. The van der Waals surface area contributed by atoms with E-state index in [4.69, 9.17) is 0 Å². The van der Waals surface area contributed by atoms with Gasteiger partial charge in [0, 0.05) is 37.9 Å². The van der Waals surface area contributed by atoms with Crippen LogP contribution in [0.3, 0.4) is 0 Å². The molecule has 0 N–H and O–H groups in total. The second-order valence-electron chi connectivity index (χ2n) is 4.17. The van der Waals surface area contributed by atoms with Crippen molar-refractivity contribution in [3.05, 3.63) is 37.2 Å². The number of carbonyl (C=O) groups excluding carboxylic acids is 1. The Morgan fingerprint density at radius 2 is 2.18 bits per heavy atom. The number of imidazole rings is 1. The zero-order chi connectivity index (χ0) is 11.7. The molecule has 0 spiro atoms. The van der Waals surface area contributed by atoms with Crippen LogP contribution in [0.1, 0.15) is 6.04 Å². The van der Waals surface area contributed by atoms with E-state index in [9.17, 15) is 4.79 Å². The van der Waals surface area contributed by atoms with E-state index in [1.807, 2.05) is 21.8 Å². The number of hydrogen-bond acceptors (Lipinski definition) is 3. The van der Waals surface area contributed by atoms with Crippen molar-refractivity contribution < 1.29 is 4.79 Å². The van der Waals surface area contributed by atoms with E-state index in [0.717, 1.165) is 13.1 Å². The topological polar surface area (TPSA) is 56.0 Å². The summed E-state index contributed by atoms with van der Waals surface area (Å²) in [6.45, 7) is 1.86. The van der Waals surface area contributed by atoms with Gasteiger partial charge < -0.3 is 9.47 Å². The van der Waals surface area contributed by atoms with Crippen molar-refractivity contribution in [3.8, 4) is 0 Å². The number of amides is 1. The molecule has 2 aromatic rings. The van der Waals surface area contributed by atoms with Gasteiger partial charge in [-0.05, 0) is 6.07 Å². The Morgan fingerprint density at radius 1 is 1.29 bits per heavy atom. The summed E-state index contributed by atoms with van der Waals surface area (Å²) < 4.78 is 3.69. The fraction of sp³-hybridized carbons (Fsp3) is 0.364. The van der Waals surface area contributed by atoms with Gasteiger partial charge in [0.2, 0.25) is 5.91 Å². The summed E-state index contributed by atoms with van der Waals surface area (Å²) in [5.74, 6) is 0.131. The van der Waals surface area contributed by atoms with E-state index in [1.165, 1.54) is 0 Å². The van der Waals surface area contributed by atoms with Gasteiger partial charge in [0.25, 0.3) is 0 Å². The summed E-state index contributed by atoms with van der Waals surface area (Å²) in [6, 6.07) is 2.23. The molecular weight excluding hydrogens is 218 g/mol. The van der Waals surface area contributed by atoms with Crippen molar-refractivity contribution in [2.45, 2.75) is 12.6 Å². The van der Waals surface area contributed by atoms with Gasteiger partial charge in [-0.2, -0.15) is 5.10 Å². The molecule has 6 heteroatoms. The molecule has 3 heterocycles. The van der Waals surface area contributed by atoms with Crippen LogP contribution in [-0.4, -0.2) is 43.2 Å². The first-order chi connectivity index (χ1) is 8.33. The smallest absolute Gasteiger partial charge is 0.242 e. The maximum absolute atomic E-state index is 11.9. The number of likely N-dealkylation sites (tertiary alicyclic amines) is 1. The van der Waals surface area contributed by atoms with Crippen LogP contribution < -0.4 is 0 Å². The largest absolute Gasteiger partial charge is 0.337 e. The van der Waals surface area contributed by atoms with Crippen LogP contribution >= 0.6 is 0 Å². The van der Waals surface area contributed by atoms with Gasteiger partial charge in [-0.3, -0.25) is 9.48 Å². The second-order valence-corrected chi connectivity index (χ2v) is 4.17. The lowest BCUT2D eigenvalue weighted by Gasteiger charge is -2.39. The normalized spacial score (nSPS) is 15.9. The van der Waals surface area contributed by atoms with Gasteiger partial charge in [-0.15, -0.1) is 0 Å². The fourth-order valence-electron chi connectivity index (χ4n) is 1.96. The van der Waals surface area contributed by atoms with Crippen molar-refractivity contribution in [1.29, 1.82) is 0 Å². The molecule has 1 saturated heterocycles. The van der Waals surface area contributed by atoms with Crippen LogP contribution in [-0.2, 0) is 11.3 Å². The van der Waals surface area contributed by atoms with Crippen molar-refractivity contribution in [2.24, 2.45) is 0 Å². The molecule has 0 atom stereocenters. The highest BCUT2D eigenvalue weighted by Crippen LogP contribution is 2.20. The molecule has 88 valence electrons. The van der Waals surface area contributed by atoms with E-state index in [0.29, 0.717) is 12.6 Å². The molecule has 1 aliphatic rings. The van der Waals surface area contributed by atoms with Gasteiger partial charge in [-0.25, -0.2) is 4.98 Å². The Labute approximate surface area is 98.5 Å². The first-order valence-electron chi connectivity index (χ1n) is 5.55. The number of carbonyl (C=O) groups is 1. The molecule has 0 aromatic carbocycles. The van der Waals surface area contributed by atoms with Crippen LogP contribution in [0.15, 0.2) is 37.2 Å². The highest BCUT2D eigenvalue weighted by molar-refractivity contribution is 5.76. The average molecular weight is 231 g/mol. The van der Waals surface area contributed by atoms with Gasteiger partial charge in [0.1, 0.15) is 6.54 Å². The zero-order valence-corrected chi connectivity index (χ0v) is 9.31. The predicted octanol–water partition coefficient (Wildman–Crippen LogP) is 0.163. The fourth-order valence-corrected chi connectivity index (χ4v) is 1.96. The molecular formula is C11H13N5O. The van der Waals surface area contributed by atoms with Crippen LogP contribution in [0.25, 0.3) is 0 Å². The highest BCUT2D eigenvalue weighted by atomic mass is 16.2. The Morgan fingerprint density at radius 3 is 2.82 bits per heavy atom. The summed E-state index contributed by atoms with van der Waals surface area (Å²) in [6.07, 6.45) is 8.82. The monoisotopic (exact) mass is 231 g/mol. The van der Waals surface area contributed by atoms with Crippen molar-refractivity contribution >= 4 is 5.91 Å². The molecule has 1 aliphatic heterocycles. The minimum Gasteiger partial charge on any atom is -0.337 e. The number of hydrogen-bond donors (Lipinski definition) is 0. The molecule has 0 radical (unpaired) electrons. The molecule has 3 rings (SSSR count). The summed E-state index contributed by atoms with van der Waals surface area (Å²) in [7, 11) is 0. The Balaban J connectivity index is 1.54. The molecule has 0 bridgehead atoms. The molecule has 0 aliphatic carbocycles. The first-order valence-corrected chi connectivity index (χ1v) is 5.55. The SMILES string of the molecule is O=C(Cn1ccnc1)N1CC(n2cccn2)C1. The van der Waals surface area contributed by atoms with Gasteiger partial charge in [-0.1, -0.05) is 0 Å². The zero-order valence-electron chi connectivity index (χ0n) is 9.31. The van der Waals surface area contributed by atoms with E-state index in [2.05, 4.69) is 10.1 Å². The van der Waals surface area contributed by atoms with Crippen LogP contribution in [0, 0.1) is 0 Å². The molecule has 1 amide bonds. The summed E-state index contributed by atoms with van der Waals surface area (Å²) in [5, 5.41) is 4.17. The summed E-state index contributed by atoms with van der Waals surface area (Å²) >= 11 is 0. The lowest BCUT2D eigenvalue weighted by Crippen LogP contribution is -2.51. The summed E-state index contributed by atoms with van der Waals surface area (Å²) in [4.78, 5) is 17.6. The standard InChI is InChI=1S/C11H13N5O/c17-11(8-14-5-3-12-9-14)15-6-10(7-15)16-4-1-2-13-16/h1-5,9-10H,6-8H2. The van der Waals surface area contributed by atoms with Crippen LogP contribution in [0.5, 0.6) is 0 Å². The maximum Gasteiger partial charge on any atom is 0.242 e. The predicted molar refractivity (Wildman–Crippen MR) is 60.1 cm³/mol. The van der Waals surface area contributed by atoms with Gasteiger partial charge in [0.15, 0.2) is 0 Å². The third-order valence-corrected chi connectivity index (χ3v) is 2.99. The second kappa shape index (κ2) is 4.04. The van der Waals surface area contributed by atoms with E-state index in [-0.39, 0.29) is 5.91 Å². The third-order valence-electron chi connectivity index (χ3n) is 2.99. The number of aromatic nitrogens is 4. The van der Waals surface area contributed by atoms with Crippen molar-refractivity contribution in [2.75, 3.05) is 13.1 Å². The minimum atomic E-state index is 0.131. The van der Waals surface area contributed by atoms with E-state index >= 15 is 0 Å². The lowest BCUT2D eigenvalue weighted by molar-refractivity contribution is -0.137. The quantitative estimate of drug-likeness (QED) is 0.756. The summed E-state index contributed by atoms with van der Waals surface area (Å²) in [5.41, 5.74) is 0.